The smallest absolute Gasteiger partial charge is 0.407 e. The molecule has 0 bridgehead atoms. The minimum Gasteiger partial charge on any atom is -0.465 e. The highest BCUT2D eigenvalue weighted by Gasteiger charge is 2.32. The van der Waals surface area contributed by atoms with E-state index in [0.717, 1.165) is 10.3 Å². The fourth-order valence-corrected chi connectivity index (χ4v) is 3.32. The molecule has 1 heterocycles. The first-order chi connectivity index (χ1) is 13.5. The molecule has 0 aromatic heterocycles. The molecule has 0 unspecified atom stereocenters. The van der Waals surface area contributed by atoms with E-state index in [-0.39, 0.29) is 26.2 Å². The summed E-state index contributed by atoms with van der Waals surface area (Å²) in [4.78, 5) is 38.8. The number of rotatable bonds is 7. The Kier molecular flexibility index (Phi) is 5.47. The van der Waals surface area contributed by atoms with Crippen LogP contribution in [0.5, 0.6) is 0 Å². The molecule has 1 aliphatic heterocycles. The van der Waals surface area contributed by atoms with E-state index in [1.165, 1.54) is 4.90 Å². The van der Waals surface area contributed by atoms with Crippen molar-refractivity contribution in [3.05, 3.63) is 41.5 Å². The first-order valence-electron chi connectivity index (χ1n) is 8.76. The van der Waals surface area contributed by atoms with Gasteiger partial charge < -0.3 is 21.1 Å². The third kappa shape index (κ3) is 3.35. The molecule has 4 N–H and O–H groups in total. The number of amides is 3. The average Bonchev–Trinajstić information content (AvgIpc) is 2.69. The Morgan fingerprint density at radius 3 is 2.54 bits per heavy atom. The zero-order valence-corrected chi connectivity index (χ0v) is 15.1. The second-order valence-electron chi connectivity index (χ2n) is 6.27. The summed E-state index contributed by atoms with van der Waals surface area (Å²) in [7, 11) is 0. The van der Waals surface area contributed by atoms with Gasteiger partial charge in [0, 0.05) is 53.8 Å². The van der Waals surface area contributed by atoms with E-state index in [0.29, 0.717) is 28.7 Å². The van der Waals surface area contributed by atoms with E-state index in [1.54, 1.807) is 24.3 Å². The molecule has 8 heteroatoms. The lowest BCUT2D eigenvalue weighted by Gasteiger charge is -2.26. The van der Waals surface area contributed by atoms with Crippen LogP contribution in [-0.2, 0) is 0 Å². The van der Waals surface area contributed by atoms with Crippen molar-refractivity contribution in [3.63, 3.8) is 0 Å². The van der Waals surface area contributed by atoms with Crippen molar-refractivity contribution in [2.45, 2.75) is 0 Å². The SMILES string of the molecule is C#CCN1C(=O)c2cccc3c(NCCN(CCN)C(=O)O)ccc(c23)C1=O. The number of carbonyl (C=O) groups excluding carboxylic acids is 2. The predicted molar refractivity (Wildman–Crippen MR) is 105 cm³/mol. The van der Waals surface area contributed by atoms with Crippen LogP contribution in [0.4, 0.5) is 10.5 Å². The first kappa shape index (κ1) is 19.2. The lowest BCUT2D eigenvalue weighted by atomic mass is 9.93. The monoisotopic (exact) mass is 380 g/mol. The zero-order chi connectivity index (χ0) is 20.3. The molecule has 28 heavy (non-hydrogen) atoms. The fraction of sp³-hybridized carbons (Fsp3) is 0.250. The maximum atomic E-state index is 12.7. The van der Waals surface area contributed by atoms with Gasteiger partial charge in [-0.1, -0.05) is 18.1 Å². The number of hydrogen-bond donors (Lipinski definition) is 3. The summed E-state index contributed by atoms with van der Waals surface area (Å²) in [6, 6.07) is 8.63. The second kappa shape index (κ2) is 7.98. The molecule has 144 valence electrons. The summed E-state index contributed by atoms with van der Waals surface area (Å²) in [5, 5.41) is 13.6. The third-order valence-corrected chi connectivity index (χ3v) is 4.61. The lowest BCUT2D eigenvalue weighted by Crippen LogP contribution is -2.40. The number of carboxylic acid groups (broad SMARTS) is 1. The predicted octanol–water partition coefficient (Wildman–Crippen LogP) is 1.42. The van der Waals surface area contributed by atoms with E-state index in [4.69, 9.17) is 17.3 Å². The van der Waals surface area contributed by atoms with Crippen molar-refractivity contribution in [2.24, 2.45) is 5.73 Å². The largest absolute Gasteiger partial charge is 0.465 e. The van der Waals surface area contributed by atoms with E-state index in [9.17, 15) is 14.4 Å². The summed E-state index contributed by atoms with van der Waals surface area (Å²) < 4.78 is 0. The van der Waals surface area contributed by atoms with E-state index < -0.39 is 17.9 Å². The molecule has 3 rings (SSSR count). The topological polar surface area (TPSA) is 116 Å². The Bertz CT molecular complexity index is 973. The molecule has 0 aliphatic carbocycles. The van der Waals surface area contributed by atoms with Gasteiger partial charge in [0.15, 0.2) is 0 Å². The maximum absolute atomic E-state index is 12.7. The van der Waals surface area contributed by atoms with E-state index in [2.05, 4.69) is 11.2 Å². The zero-order valence-electron chi connectivity index (χ0n) is 15.1. The van der Waals surface area contributed by atoms with Crippen LogP contribution in [0.2, 0.25) is 0 Å². The summed E-state index contributed by atoms with van der Waals surface area (Å²) in [5.41, 5.74) is 6.98. The highest BCUT2D eigenvalue weighted by molar-refractivity contribution is 6.26. The van der Waals surface area contributed by atoms with Gasteiger partial charge in [0.1, 0.15) is 0 Å². The Balaban J connectivity index is 1.91. The van der Waals surface area contributed by atoms with Crippen LogP contribution in [0.25, 0.3) is 10.8 Å². The number of nitrogens with zero attached hydrogens (tertiary/aromatic N) is 2. The molecule has 0 radical (unpaired) electrons. The quantitative estimate of drug-likeness (QED) is 0.494. The van der Waals surface area contributed by atoms with Crippen molar-refractivity contribution in [3.8, 4) is 12.3 Å². The van der Waals surface area contributed by atoms with Crippen molar-refractivity contribution in [1.82, 2.24) is 9.80 Å². The lowest BCUT2D eigenvalue weighted by molar-refractivity contribution is 0.0631. The minimum absolute atomic E-state index is 0.0837. The second-order valence-corrected chi connectivity index (χ2v) is 6.27. The number of carbonyl (C=O) groups is 3. The Labute approximate surface area is 161 Å². The highest BCUT2D eigenvalue weighted by atomic mass is 16.4. The van der Waals surface area contributed by atoms with Crippen LogP contribution >= 0.6 is 0 Å². The van der Waals surface area contributed by atoms with Crippen LogP contribution in [0.1, 0.15) is 20.7 Å². The van der Waals surface area contributed by atoms with Gasteiger partial charge >= 0.3 is 6.09 Å². The Hall–Kier alpha value is -3.57. The van der Waals surface area contributed by atoms with E-state index in [1.807, 2.05) is 6.07 Å². The van der Waals surface area contributed by atoms with Gasteiger partial charge in [0.25, 0.3) is 11.8 Å². The molecule has 0 saturated carbocycles. The maximum Gasteiger partial charge on any atom is 0.407 e. The molecular weight excluding hydrogens is 360 g/mol. The van der Waals surface area contributed by atoms with Crippen molar-refractivity contribution < 1.29 is 19.5 Å². The van der Waals surface area contributed by atoms with Gasteiger partial charge in [0.2, 0.25) is 0 Å². The highest BCUT2D eigenvalue weighted by Crippen LogP contribution is 2.34. The van der Waals surface area contributed by atoms with Crippen molar-refractivity contribution in [2.75, 3.05) is 38.0 Å². The van der Waals surface area contributed by atoms with Crippen LogP contribution < -0.4 is 11.1 Å². The normalized spacial score (nSPS) is 12.8. The summed E-state index contributed by atoms with van der Waals surface area (Å²) >= 11 is 0. The van der Waals surface area contributed by atoms with Gasteiger partial charge in [-0.05, 0) is 18.2 Å². The van der Waals surface area contributed by atoms with Crippen LogP contribution in [-0.4, -0.2) is 65.5 Å². The Morgan fingerprint density at radius 1 is 1.18 bits per heavy atom. The standard InChI is InChI=1S/C20H20N4O4/c1-2-10-24-18(25)14-5-3-4-13-16(7-6-15(17(13)14)19(24)26)22-9-12-23(11-8-21)20(27)28/h1,3-7,22H,8-12,21H2,(H,27,28). The molecule has 3 amide bonds. The van der Waals surface area contributed by atoms with Crippen molar-refractivity contribution >= 4 is 34.4 Å². The molecule has 1 aliphatic rings. The summed E-state index contributed by atoms with van der Waals surface area (Å²) in [6.07, 6.45) is 4.25. The molecule has 2 aromatic rings. The van der Waals surface area contributed by atoms with Gasteiger partial charge in [-0.25, -0.2) is 4.79 Å². The molecular formula is C20H20N4O4. The molecule has 2 aromatic carbocycles. The molecule has 0 atom stereocenters. The minimum atomic E-state index is -1.03. The first-order valence-corrected chi connectivity index (χ1v) is 8.76. The van der Waals surface area contributed by atoms with Gasteiger partial charge in [-0.15, -0.1) is 6.42 Å². The van der Waals surface area contributed by atoms with Gasteiger partial charge in [-0.2, -0.15) is 0 Å². The van der Waals surface area contributed by atoms with Crippen LogP contribution in [0.3, 0.4) is 0 Å². The number of terminal acetylenes is 1. The summed E-state index contributed by atoms with van der Waals surface area (Å²) in [6.45, 7) is 1.01. The number of benzene rings is 2. The number of hydrogen-bond acceptors (Lipinski definition) is 5. The van der Waals surface area contributed by atoms with E-state index >= 15 is 0 Å². The third-order valence-electron chi connectivity index (χ3n) is 4.61. The van der Waals surface area contributed by atoms with Gasteiger partial charge in [-0.3, -0.25) is 14.5 Å². The Morgan fingerprint density at radius 2 is 1.89 bits per heavy atom. The number of nitrogens with one attached hydrogen (secondary N) is 1. The fourth-order valence-electron chi connectivity index (χ4n) is 3.32. The van der Waals surface area contributed by atoms with Crippen LogP contribution in [0.15, 0.2) is 30.3 Å². The number of anilines is 1. The number of imide groups is 1. The van der Waals surface area contributed by atoms with Crippen molar-refractivity contribution in [1.29, 1.82) is 0 Å². The summed E-state index contributed by atoms with van der Waals surface area (Å²) in [5.74, 6) is 1.50. The average molecular weight is 380 g/mol. The molecule has 8 nitrogen and oxygen atoms in total. The number of nitrogens with two attached hydrogens (primary N) is 1. The molecule has 0 fully saturated rings. The van der Waals surface area contributed by atoms with Crippen LogP contribution in [0, 0.1) is 12.3 Å². The molecule has 0 spiro atoms. The molecule has 0 saturated heterocycles. The van der Waals surface area contributed by atoms with Gasteiger partial charge in [0.05, 0.1) is 6.54 Å².